The molecule has 2 aliphatic carbocycles. The van der Waals surface area contributed by atoms with Crippen molar-refractivity contribution in [1.82, 2.24) is 0 Å². The molecule has 0 aromatic heterocycles. The fourth-order valence-electron chi connectivity index (χ4n) is 3.79. The molecule has 2 saturated carbocycles. The number of nitrogens with zero attached hydrogens (tertiary/aromatic N) is 1. The number of phenols is 1. The maximum absolute atomic E-state index is 9.99. The number of halogens is 2. The molecule has 0 spiro atoms. The van der Waals surface area contributed by atoms with E-state index in [9.17, 15) is 5.11 Å². The van der Waals surface area contributed by atoms with Crippen molar-refractivity contribution in [3.63, 3.8) is 0 Å². The Balaban J connectivity index is 0.000000545. The molecule has 2 atom stereocenters. The van der Waals surface area contributed by atoms with Gasteiger partial charge >= 0.3 is 37.9 Å². The van der Waals surface area contributed by atoms with E-state index < -0.39 is 20.8 Å². The normalized spacial score (nSPS) is 27.1. The molecular formula is C17H23Cl2NOZr. The molecule has 2 nitrogen and oxygen atoms in total. The van der Waals surface area contributed by atoms with Gasteiger partial charge in [-0.25, -0.2) is 0 Å². The molecule has 0 heterocycles. The summed E-state index contributed by atoms with van der Waals surface area (Å²) in [5, 5.41) is 9.99. The van der Waals surface area contributed by atoms with Crippen LogP contribution in [0.1, 0.15) is 49.7 Å². The van der Waals surface area contributed by atoms with Gasteiger partial charge in [0.25, 0.3) is 0 Å². The van der Waals surface area contributed by atoms with Crippen LogP contribution in [-0.2, 0) is 20.8 Å². The van der Waals surface area contributed by atoms with Gasteiger partial charge in [0.15, 0.2) is 0 Å². The third-order valence-electron chi connectivity index (χ3n) is 4.91. The van der Waals surface area contributed by atoms with Gasteiger partial charge in [-0.2, -0.15) is 0 Å². The van der Waals surface area contributed by atoms with Crippen LogP contribution in [0.3, 0.4) is 0 Å². The predicted octanol–water partition coefficient (Wildman–Crippen LogP) is 5.46. The molecule has 1 aromatic carbocycles. The van der Waals surface area contributed by atoms with E-state index in [0.717, 1.165) is 23.0 Å². The van der Waals surface area contributed by atoms with Crippen molar-refractivity contribution in [2.45, 2.75) is 51.5 Å². The number of aliphatic imine (C=N–C) groups is 1. The number of para-hydroxylation sites is 1. The Kier molecular flexibility index (Phi) is 7.94. The van der Waals surface area contributed by atoms with Crippen molar-refractivity contribution in [2.24, 2.45) is 16.8 Å². The van der Waals surface area contributed by atoms with Crippen LogP contribution >= 0.6 is 17.0 Å². The number of aromatic hydroxyl groups is 1. The van der Waals surface area contributed by atoms with Gasteiger partial charge in [-0.15, -0.1) is 0 Å². The SMILES string of the molecule is Cc1cccc(C=NC2CC3CCCCC3C2)c1O.[Cl][Zr][Cl]. The quantitative estimate of drug-likeness (QED) is 0.634. The Hall–Kier alpha value is 0.153. The van der Waals surface area contributed by atoms with E-state index >= 15 is 0 Å². The molecule has 2 aliphatic rings. The topological polar surface area (TPSA) is 32.6 Å². The molecule has 0 amide bonds. The van der Waals surface area contributed by atoms with Crippen LogP contribution in [0.5, 0.6) is 5.75 Å². The van der Waals surface area contributed by atoms with Crippen LogP contribution in [0.15, 0.2) is 23.2 Å². The molecule has 1 aromatic rings. The fraction of sp³-hybridized carbons (Fsp3) is 0.588. The maximum atomic E-state index is 9.99. The van der Waals surface area contributed by atoms with Crippen molar-refractivity contribution >= 4 is 23.2 Å². The summed E-state index contributed by atoms with van der Waals surface area (Å²) in [6.07, 6.45) is 10.0. The molecule has 2 unspecified atom stereocenters. The third kappa shape index (κ3) is 5.08. The minimum atomic E-state index is -0.826. The number of fused-ring (bicyclic) bond motifs is 1. The summed E-state index contributed by atoms with van der Waals surface area (Å²) < 4.78 is 0. The Bertz CT molecular complexity index is 495. The predicted molar refractivity (Wildman–Crippen MR) is 90.6 cm³/mol. The van der Waals surface area contributed by atoms with Gasteiger partial charge in [0.2, 0.25) is 0 Å². The first-order valence-corrected chi connectivity index (χ1v) is 14.3. The molecule has 3 rings (SSSR count). The van der Waals surface area contributed by atoms with Gasteiger partial charge in [-0.1, -0.05) is 37.8 Å². The zero-order valence-corrected chi connectivity index (χ0v) is 16.9. The van der Waals surface area contributed by atoms with Crippen LogP contribution in [0.25, 0.3) is 0 Å². The average molecular weight is 420 g/mol. The summed E-state index contributed by atoms with van der Waals surface area (Å²) in [5.74, 6) is 2.21. The van der Waals surface area contributed by atoms with Crippen LogP contribution in [-0.4, -0.2) is 17.4 Å². The minimum absolute atomic E-state index is 0.377. The van der Waals surface area contributed by atoms with E-state index in [-0.39, 0.29) is 0 Å². The number of rotatable bonds is 2. The van der Waals surface area contributed by atoms with Gasteiger partial charge in [-0.3, -0.25) is 4.99 Å². The molecule has 22 heavy (non-hydrogen) atoms. The standard InChI is InChI=1S/C17H23NO.2ClH.Zr/c1-12-5-4-8-15(17(12)19)11-18-16-9-13-6-2-3-7-14(13)10-16;;;/h4-5,8,11,13-14,16,19H,2-3,6-7,9-10H2,1H3;2*1H;/q;;;+2/p-2. The summed E-state index contributed by atoms with van der Waals surface area (Å²) in [5.41, 5.74) is 1.78. The summed E-state index contributed by atoms with van der Waals surface area (Å²) >= 11 is -0.826. The van der Waals surface area contributed by atoms with E-state index in [0.29, 0.717) is 11.8 Å². The molecule has 0 saturated heterocycles. The van der Waals surface area contributed by atoms with Crippen molar-refractivity contribution in [2.75, 3.05) is 0 Å². The second kappa shape index (κ2) is 9.45. The number of benzene rings is 1. The monoisotopic (exact) mass is 417 g/mol. The van der Waals surface area contributed by atoms with E-state index in [1.165, 1.54) is 38.5 Å². The van der Waals surface area contributed by atoms with E-state index in [1.54, 1.807) is 0 Å². The molecule has 0 bridgehead atoms. The Labute approximate surface area is 152 Å². The van der Waals surface area contributed by atoms with E-state index in [4.69, 9.17) is 22.0 Å². The fourth-order valence-corrected chi connectivity index (χ4v) is 3.79. The first kappa shape index (κ1) is 18.5. The summed E-state index contributed by atoms with van der Waals surface area (Å²) in [6.45, 7) is 1.93. The molecule has 0 aliphatic heterocycles. The van der Waals surface area contributed by atoms with Crippen molar-refractivity contribution in [3.05, 3.63) is 29.3 Å². The van der Waals surface area contributed by atoms with Crippen molar-refractivity contribution in [1.29, 1.82) is 0 Å². The second-order valence-corrected chi connectivity index (χ2v) is 10.0. The molecule has 120 valence electrons. The van der Waals surface area contributed by atoms with E-state index in [1.807, 2.05) is 31.3 Å². The van der Waals surface area contributed by atoms with Crippen LogP contribution in [0.4, 0.5) is 0 Å². The zero-order chi connectivity index (χ0) is 15.9. The third-order valence-corrected chi connectivity index (χ3v) is 4.91. The number of phenolic OH excluding ortho intramolecular Hbond substituents is 1. The molecule has 5 heteroatoms. The Morgan fingerprint density at radius 1 is 1.18 bits per heavy atom. The summed E-state index contributed by atoms with van der Waals surface area (Å²) in [6, 6.07) is 6.32. The number of aryl methyl sites for hydroxylation is 1. The first-order chi connectivity index (χ1) is 10.7. The summed E-state index contributed by atoms with van der Waals surface area (Å²) in [4.78, 5) is 4.73. The first-order valence-electron chi connectivity index (χ1n) is 7.93. The number of hydrogen-bond donors (Lipinski definition) is 1. The zero-order valence-electron chi connectivity index (χ0n) is 12.9. The molecule has 0 radical (unpaired) electrons. The second-order valence-electron chi connectivity index (χ2n) is 6.29. The van der Waals surface area contributed by atoms with Gasteiger partial charge in [0.1, 0.15) is 5.75 Å². The van der Waals surface area contributed by atoms with Crippen LogP contribution in [0, 0.1) is 18.8 Å². The Morgan fingerprint density at radius 3 is 2.36 bits per heavy atom. The average Bonchev–Trinajstić information content (AvgIpc) is 2.92. The molecule has 2 fully saturated rings. The van der Waals surface area contributed by atoms with Crippen molar-refractivity contribution in [3.8, 4) is 5.75 Å². The van der Waals surface area contributed by atoms with Crippen LogP contribution in [0.2, 0.25) is 0 Å². The van der Waals surface area contributed by atoms with E-state index in [2.05, 4.69) is 0 Å². The Morgan fingerprint density at radius 2 is 1.77 bits per heavy atom. The molecular weight excluding hydrogens is 396 g/mol. The van der Waals surface area contributed by atoms with Gasteiger partial charge < -0.3 is 5.11 Å². The van der Waals surface area contributed by atoms with Gasteiger partial charge in [0.05, 0.1) is 6.04 Å². The molecule has 1 N–H and O–H groups in total. The summed E-state index contributed by atoms with van der Waals surface area (Å²) in [7, 11) is 9.87. The van der Waals surface area contributed by atoms with Crippen LogP contribution < -0.4 is 0 Å². The van der Waals surface area contributed by atoms with Gasteiger partial charge in [-0.05, 0) is 43.2 Å². The van der Waals surface area contributed by atoms with Crippen molar-refractivity contribution < 1.29 is 26.0 Å². The number of hydrogen-bond acceptors (Lipinski definition) is 2. The van der Waals surface area contributed by atoms with Gasteiger partial charge in [0, 0.05) is 11.8 Å².